The summed E-state index contributed by atoms with van der Waals surface area (Å²) in [6, 6.07) is 8.09. The Morgan fingerprint density at radius 1 is 1.16 bits per heavy atom. The second-order valence-corrected chi connectivity index (χ2v) is 7.49. The minimum absolute atomic E-state index is 0.0135. The lowest BCUT2D eigenvalue weighted by molar-refractivity contribution is 0.568. The van der Waals surface area contributed by atoms with E-state index in [4.69, 9.17) is 5.41 Å². The molecule has 0 bridgehead atoms. The predicted octanol–water partition coefficient (Wildman–Crippen LogP) is 4.58. The maximum Gasteiger partial charge on any atom is 0.123 e. The lowest BCUT2D eigenvalue weighted by Crippen LogP contribution is -2.13. The first kappa shape index (κ1) is 20.6. The summed E-state index contributed by atoms with van der Waals surface area (Å²) < 4.78 is 17.3. The average Bonchev–Trinajstić information content (AvgIpc) is 3.42. The minimum atomic E-state index is -0.292. The first-order valence-electron chi connectivity index (χ1n) is 10.2. The highest BCUT2D eigenvalue weighted by molar-refractivity contribution is 5.84. The number of aromatic nitrogens is 6. The molecule has 7 nitrogen and oxygen atoms in total. The molecule has 0 aliphatic carbocycles. The molecular formula is C23H24FN7. The molecular weight excluding hydrogens is 393 g/mol. The quantitative estimate of drug-likeness (QED) is 0.425. The number of halogens is 1. The first-order chi connectivity index (χ1) is 15.0. The van der Waals surface area contributed by atoms with E-state index in [9.17, 15) is 4.39 Å². The summed E-state index contributed by atoms with van der Waals surface area (Å²) >= 11 is 0. The third-order valence-electron chi connectivity index (χ3n) is 5.18. The number of benzene rings is 1. The zero-order chi connectivity index (χ0) is 21.8. The smallest absolute Gasteiger partial charge is 0.123 e. The molecule has 3 heterocycles. The molecule has 158 valence electrons. The van der Waals surface area contributed by atoms with Gasteiger partial charge >= 0.3 is 0 Å². The summed E-state index contributed by atoms with van der Waals surface area (Å²) in [7, 11) is 0. The molecule has 1 aromatic carbocycles. The number of hydrogen-bond acceptors (Lipinski definition) is 5. The zero-order valence-corrected chi connectivity index (χ0v) is 17.5. The van der Waals surface area contributed by atoms with E-state index in [2.05, 4.69) is 27.0 Å². The van der Waals surface area contributed by atoms with Gasteiger partial charge in [0.25, 0.3) is 0 Å². The van der Waals surface area contributed by atoms with Gasteiger partial charge in [-0.05, 0) is 49.7 Å². The molecule has 4 aromatic rings. The lowest BCUT2D eigenvalue weighted by Gasteiger charge is -2.17. The summed E-state index contributed by atoms with van der Waals surface area (Å²) in [5.41, 5.74) is 4.74. The average molecular weight is 417 g/mol. The fourth-order valence-corrected chi connectivity index (χ4v) is 3.64. The lowest BCUT2D eigenvalue weighted by atomic mass is 10.0. The van der Waals surface area contributed by atoms with E-state index in [1.165, 1.54) is 18.5 Å². The van der Waals surface area contributed by atoms with Crippen LogP contribution in [0.5, 0.6) is 0 Å². The van der Waals surface area contributed by atoms with Gasteiger partial charge in [0.15, 0.2) is 0 Å². The number of aryl methyl sites for hydroxylation is 1. The summed E-state index contributed by atoms with van der Waals surface area (Å²) in [5, 5.41) is 12.8. The van der Waals surface area contributed by atoms with Crippen LogP contribution in [0.15, 0.2) is 61.6 Å². The molecule has 1 atom stereocenters. The molecule has 1 N–H and O–H groups in total. The van der Waals surface area contributed by atoms with Crippen LogP contribution >= 0.6 is 0 Å². The van der Waals surface area contributed by atoms with E-state index in [1.54, 1.807) is 24.7 Å². The molecule has 4 rings (SSSR count). The SMILES string of the molecule is CCn1cc(CC(=N)CC(C)n2cnc(-c3ccc(F)cc3)c2-c2ccncn2)cn1. The van der Waals surface area contributed by atoms with E-state index < -0.39 is 0 Å². The predicted molar refractivity (Wildman–Crippen MR) is 117 cm³/mol. The second-order valence-electron chi connectivity index (χ2n) is 7.49. The number of nitrogens with zero attached hydrogens (tertiary/aromatic N) is 6. The van der Waals surface area contributed by atoms with Crippen molar-refractivity contribution < 1.29 is 4.39 Å². The molecule has 3 aromatic heterocycles. The molecule has 0 saturated heterocycles. The Hall–Kier alpha value is -3.68. The molecule has 0 fully saturated rings. The van der Waals surface area contributed by atoms with Gasteiger partial charge in [0, 0.05) is 49.1 Å². The minimum Gasteiger partial charge on any atom is -0.326 e. The van der Waals surface area contributed by atoms with Crippen molar-refractivity contribution in [2.75, 3.05) is 0 Å². The van der Waals surface area contributed by atoms with Crippen LogP contribution in [0.2, 0.25) is 0 Å². The van der Waals surface area contributed by atoms with Crippen molar-refractivity contribution >= 4 is 5.71 Å². The van der Waals surface area contributed by atoms with Gasteiger partial charge in [-0.1, -0.05) is 0 Å². The number of rotatable bonds is 8. The van der Waals surface area contributed by atoms with Crippen molar-refractivity contribution in [3.63, 3.8) is 0 Å². The van der Waals surface area contributed by atoms with E-state index in [0.717, 1.165) is 34.8 Å². The summed E-state index contributed by atoms with van der Waals surface area (Å²) in [6.07, 6.45) is 9.88. The zero-order valence-electron chi connectivity index (χ0n) is 17.5. The molecule has 0 saturated carbocycles. The highest BCUT2D eigenvalue weighted by Crippen LogP contribution is 2.33. The summed E-state index contributed by atoms with van der Waals surface area (Å²) in [6.45, 7) is 4.91. The maximum absolute atomic E-state index is 13.4. The van der Waals surface area contributed by atoms with Crippen LogP contribution in [-0.2, 0) is 13.0 Å². The second kappa shape index (κ2) is 8.99. The Balaban J connectivity index is 1.62. The molecule has 0 aliphatic heterocycles. The van der Waals surface area contributed by atoms with Gasteiger partial charge < -0.3 is 9.98 Å². The van der Waals surface area contributed by atoms with Crippen LogP contribution in [0.4, 0.5) is 4.39 Å². The maximum atomic E-state index is 13.4. The van der Waals surface area contributed by atoms with Gasteiger partial charge in [-0.2, -0.15) is 5.10 Å². The molecule has 8 heteroatoms. The van der Waals surface area contributed by atoms with Gasteiger partial charge in [0.1, 0.15) is 12.1 Å². The van der Waals surface area contributed by atoms with Crippen molar-refractivity contribution in [2.45, 2.75) is 39.3 Å². The van der Waals surface area contributed by atoms with E-state index in [-0.39, 0.29) is 11.9 Å². The highest BCUT2D eigenvalue weighted by Gasteiger charge is 2.20. The van der Waals surface area contributed by atoms with Gasteiger partial charge in [0.05, 0.1) is 29.6 Å². The van der Waals surface area contributed by atoms with Crippen LogP contribution in [0, 0.1) is 11.2 Å². The van der Waals surface area contributed by atoms with Crippen molar-refractivity contribution in [3.8, 4) is 22.6 Å². The Morgan fingerprint density at radius 3 is 2.65 bits per heavy atom. The molecule has 0 radical (unpaired) electrons. The van der Waals surface area contributed by atoms with Crippen LogP contribution in [0.3, 0.4) is 0 Å². The largest absolute Gasteiger partial charge is 0.326 e. The fourth-order valence-electron chi connectivity index (χ4n) is 3.64. The number of hydrogen-bond donors (Lipinski definition) is 1. The Kier molecular flexibility index (Phi) is 5.97. The molecule has 0 amide bonds. The van der Waals surface area contributed by atoms with Crippen molar-refractivity contribution in [3.05, 3.63) is 73.0 Å². The van der Waals surface area contributed by atoms with Crippen molar-refractivity contribution in [1.82, 2.24) is 29.3 Å². The van der Waals surface area contributed by atoms with Crippen LogP contribution in [0.25, 0.3) is 22.6 Å². The summed E-state index contributed by atoms with van der Waals surface area (Å²) in [5.74, 6) is -0.292. The molecule has 31 heavy (non-hydrogen) atoms. The Bertz CT molecular complexity index is 1160. The number of imidazole rings is 1. The molecule has 1 unspecified atom stereocenters. The number of nitrogens with one attached hydrogen (secondary N) is 1. The van der Waals surface area contributed by atoms with Crippen molar-refractivity contribution in [1.29, 1.82) is 5.41 Å². The molecule has 0 aliphatic rings. The standard InChI is InChI=1S/C23H24FN7/c1-3-30-13-17(12-29-30)11-20(25)10-16(2)31-15-28-22(18-4-6-19(24)7-5-18)23(31)21-8-9-26-14-27-21/h4-9,12-16,25H,3,10-11H2,1-2H3. The first-order valence-corrected chi connectivity index (χ1v) is 10.2. The molecule has 0 spiro atoms. The van der Waals surface area contributed by atoms with E-state index >= 15 is 0 Å². The third kappa shape index (κ3) is 4.58. The normalized spacial score (nSPS) is 12.1. The Labute approximate surface area is 180 Å². The fraction of sp³-hybridized carbons (Fsp3) is 0.261. The van der Waals surface area contributed by atoms with E-state index in [0.29, 0.717) is 18.6 Å². The van der Waals surface area contributed by atoms with Crippen LogP contribution < -0.4 is 0 Å². The monoisotopic (exact) mass is 417 g/mol. The topological polar surface area (TPSA) is 85.3 Å². The highest BCUT2D eigenvalue weighted by atomic mass is 19.1. The van der Waals surface area contributed by atoms with Gasteiger partial charge in [0.2, 0.25) is 0 Å². The summed E-state index contributed by atoms with van der Waals surface area (Å²) in [4.78, 5) is 13.0. The van der Waals surface area contributed by atoms with Crippen molar-refractivity contribution in [2.24, 2.45) is 0 Å². The van der Waals surface area contributed by atoms with E-state index in [1.807, 2.05) is 34.6 Å². The van der Waals surface area contributed by atoms with Crippen LogP contribution in [-0.4, -0.2) is 35.0 Å². The van der Waals surface area contributed by atoms with Gasteiger partial charge in [-0.25, -0.2) is 19.3 Å². The van der Waals surface area contributed by atoms with Crippen LogP contribution in [0.1, 0.15) is 31.9 Å². The third-order valence-corrected chi connectivity index (χ3v) is 5.18. The van der Waals surface area contributed by atoms with Gasteiger partial charge in [-0.15, -0.1) is 0 Å². The Morgan fingerprint density at radius 2 is 1.97 bits per heavy atom. The van der Waals surface area contributed by atoms with Gasteiger partial charge in [-0.3, -0.25) is 4.68 Å².